The molecule has 2 rings (SSSR count). The fraction of sp³-hybridized carbons (Fsp3) is 0.400. The fourth-order valence-electron chi connectivity index (χ4n) is 1.82. The van der Waals surface area contributed by atoms with Gasteiger partial charge in [-0.1, -0.05) is 6.92 Å². The van der Waals surface area contributed by atoms with Crippen molar-refractivity contribution in [2.75, 3.05) is 18.4 Å². The fourth-order valence-corrected chi connectivity index (χ4v) is 2.68. The smallest absolute Gasteiger partial charge is 0.252 e. The molecule has 2 heterocycles. The predicted octanol–water partition coefficient (Wildman–Crippen LogP) is 2.50. The number of pyridine rings is 1. The van der Waals surface area contributed by atoms with Gasteiger partial charge in [-0.2, -0.15) is 0 Å². The van der Waals surface area contributed by atoms with Crippen molar-refractivity contribution in [2.45, 2.75) is 26.7 Å². The highest BCUT2D eigenvalue weighted by atomic mass is 32.1. The summed E-state index contributed by atoms with van der Waals surface area (Å²) in [6.45, 7) is 5.43. The van der Waals surface area contributed by atoms with Crippen molar-refractivity contribution in [1.82, 2.24) is 15.3 Å². The minimum Gasteiger partial charge on any atom is -0.370 e. The van der Waals surface area contributed by atoms with Crippen LogP contribution in [0.3, 0.4) is 0 Å². The number of thiazole rings is 1. The second-order valence-corrected chi connectivity index (χ2v) is 5.74. The molecular weight excluding hydrogens is 284 g/mol. The van der Waals surface area contributed by atoms with Crippen LogP contribution in [0.15, 0.2) is 24.5 Å². The highest BCUT2D eigenvalue weighted by molar-refractivity contribution is 7.11. The van der Waals surface area contributed by atoms with E-state index in [2.05, 4.69) is 27.5 Å². The van der Waals surface area contributed by atoms with Crippen LogP contribution in [0, 0.1) is 0 Å². The van der Waals surface area contributed by atoms with E-state index in [1.807, 2.05) is 19.2 Å². The Bertz CT molecular complexity index is 580. The summed E-state index contributed by atoms with van der Waals surface area (Å²) in [6, 6.07) is 3.60. The zero-order chi connectivity index (χ0) is 15.1. The molecule has 0 spiro atoms. The Morgan fingerprint density at radius 2 is 2.10 bits per heavy atom. The Morgan fingerprint density at radius 1 is 1.24 bits per heavy atom. The normalized spacial score (nSPS) is 10.4. The minimum absolute atomic E-state index is 0.0913. The van der Waals surface area contributed by atoms with E-state index in [0.717, 1.165) is 30.2 Å². The van der Waals surface area contributed by atoms with Crippen molar-refractivity contribution >= 4 is 23.1 Å². The van der Waals surface area contributed by atoms with Crippen molar-refractivity contribution in [2.24, 2.45) is 0 Å². The summed E-state index contributed by atoms with van der Waals surface area (Å²) in [7, 11) is 0. The van der Waals surface area contributed by atoms with Gasteiger partial charge in [0.25, 0.3) is 5.91 Å². The summed E-state index contributed by atoms with van der Waals surface area (Å²) in [6.07, 6.45) is 5.45. The molecule has 0 aliphatic carbocycles. The number of hydrogen-bond acceptors (Lipinski definition) is 5. The van der Waals surface area contributed by atoms with Gasteiger partial charge in [-0.25, -0.2) is 9.97 Å². The molecule has 0 saturated carbocycles. The van der Waals surface area contributed by atoms with E-state index >= 15 is 0 Å². The Labute approximate surface area is 128 Å². The zero-order valence-corrected chi connectivity index (χ0v) is 13.2. The maximum Gasteiger partial charge on any atom is 0.252 e. The van der Waals surface area contributed by atoms with E-state index in [1.165, 1.54) is 4.88 Å². The summed E-state index contributed by atoms with van der Waals surface area (Å²) < 4.78 is 0. The Balaban J connectivity index is 1.82. The molecule has 0 atom stereocenters. The molecule has 2 N–H and O–H groups in total. The van der Waals surface area contributed by atoms with Gasteiger partial charge in [-0.15, -0.1) is 11.3 Å². The second-order valence-electron chi connectivity index (χ2n) is 4.54. The zero-order valence-electron chi connectivity index (χ0n) is 12.3. The molecule has 2 aromatic rings. The van der Waals surface area contributed by atoms with Crippen LogP contribution in [0.5, 0.6) is 0 Å². The van der Waals surface area contributed by atoms with Crippen molar-refractivity contribution in [1.29, 1.82) is 0 Å². The lowest BCUT2D eigenvalue weighted by molar-refractivity contribution is 0.0955. The third-order valence-electron chi connectivity index (χ3n) is 2.96. The first-order valence-corrected chi connectivity index (χ1v) is 7.96. The molecule has 6 heteroatoms. The Morgan fingerprint density at radius 3 is 2.71 bits per heavy atom. The first-order chi connectivity index (χ1) is 10.2. The molecular formula is C15H20N4OS. The van der Waals surface area contributed by atoms with E-state index in [-0.39, 0.29) is 5.91 Å². The number of hydrogen-bond donors (Lipinski definition) is 2. The maximum atomic E-state index is 11.6. The molecule has 0 unspecified atom stereocenters. The molecule has 112 valence electrons. The van der Waals surface area contributed by atoms with E-state index in [1.54, 1.807) is 23.6 Å². The van der Waals surface area contributed by atoms with Gasteiger partial charge < -0.3 is 10.6 Å². The minimum atomic E-state index is -0.0913. The van der Waals surface area contributed by atoms with Crippen LogP contribution >= 0.6 is 11.3 Å². The SMILES string of the molecule is CCNC(=O)c1ccc(NCCc2ncc(CC)s2)nc1. The molecule has 0 aromatic carbocycles. The summed E-state index contributed by atoms with van der Waals surface area (Å²) in [5.41, 5.74) is 0.579. The van der Waals surface area contributed by atoms with Gasteiger partial charge in [0.1, 0.15) is 5.82 Å². The number of rotatable bonds is 7. The highest BCUT2D eigenvalue weighted by Gasteiger charge is 2.05. The molecule has 0 aliphatic heterocycles. The summed E-state index contributed by atoms with van der Waals surface area (Å²) in [4.78, 5) is 21.5. The van der Waals surface area contributed by atoms with Crippen molar-refractivity contribution in [3.8, 4) is 0 Å². The van der Waals surface area contributed by atoms with Crippen LogP contribution in [0.4, 0.5) is 5.82 Å². The van der Waals surface area contributed by atoms with Crippen LogP contribution in [0.1, 0.15) is 34.1 Å². The third kappa shape index (κ3) is 4.53. The average molecular weight is 304 g/mol. The van der Waals surface area contributed by atoms with Crippen molar-refractivity contribution < 1.29 is 4.79 Å². The number of nitrogens with zero attached hydrogens (tertiary/aromatic N) is 2. The molecule has 2 aromatic heterocycles. The highest BCUT2D eigenvalue weighted by Crippen LogP contribution is 2.14. The third-order valence-corrected chi connectivity index (χ3v) is 4.16. The van der Waals surface area contributed by atoms with Gasteiger partial charge in [0.2, 0.25) is 0 Å². The van der Waals surface area contributed by atoms with E-state index < -0.39 is 0 Å². The molecule has 0 saturated heterocycles. The quantitative estimate of drug-likeness (QED) is 0.825. The first kappa shape index (κ1) is 15.4. The topological polar surface area (TPSA) is 66.9 Å². The number of aryl methyl sites for hydroxylation is 1. The van der Waals surface area contributed by atoms with Gasteiger partial charge in [-0.3, -0.25) is 4.79 Å². The molecule has 5 nitrogen and oxygen atoms in total. The number of aromatic nitrogens is 2. The summed E-state index contributed by atoms with van der Waals surface area (Å²) in [5, 5.41) is 7.13. The Hall–Kier alpha value is -1.95. The molecule has 21 heavy (non-hydrogen) atoms. The van der Waals surface area contributed by atoms with Gasteiger partial charge in [0.05, 0.1) is 10.6 Å². The second kappa shape index (κ2) is 7.73. The van der Waals surface area contributed by atoms with Crippen molar-refractivity contribution in [3.63, 3.8) is 0 Å². The number of anilines is 1. The number of carbonyl (C=O) groups excluding carboxylic acids is 1. The summed E-state index contributed by atoms with van der Waals surface area (Å²) in [5.74, 6) is 0.682. The maximum absolute atomic E-state index is 11.6. The van der Waals surface area contributed by atoms with Crippen LogP contribution in [-0.2, 0) is 12.8 Å². The van der Waals surface area contributed by atoms with Gasteiger partial charge in [0, 0.05) is 36.8 Å². The van der Waals surface area contributed by atoms with Crippen LogP contribution in [-0.4, -0.2) is 29.0 Å². The predicted molar refractivity (Wildman–Crippen MR) is 85.9 cm³/mol. The lowest BCUT2D eigenvalue weighted by Crippen LogP contribution is -2.22. The van der Waals surface area contributed by atoms with Crippen LogP contribution < -0.4 is 10.6 Å². The van der Waals surface area contributed by atoms with Crippen LogP contribution in [0.2, 0.25) is 0 Å². The monoisotopic (exact) mass is 304 g/mol. The molecule has 0 radical (unpaired) electrons. The Kier molecular flexibility index (Phi) is 5.68. The molecule has 1 amide bonds. The largest absolute Gasteiger partial charge is 0.370 e. The molecule has 0 fully saturated rings. The van der Waals surface area contributed by atoms with E-state index in [0.29, 0.717) is 12.1 Å². The standard InChI is InChI=1S/C15H20N4OS/c1-3-12-10-19-14(21-12)7-8-17-13-6-5-11(9-18-13)15(20)16-4-2/h5-6,9-10H,3-4,7-8H2,1-2H3,(H,16,20)(H,17,18). The number of nitrogens with one attached hydrogen (secondary N) is 2. The number of carbonyl (C=O) groups is 1. The first-order valence-electron chi connectivity index (χ1n) is 7.14. The van der Waals surface area contributed by atoms with Crippen molar-refractivity contribution in [3.05, 3.63) is 40.0 Å². The summed E-state index contributed by atoms with van der Waals surface area (Å²) >= 11 is 1.76. The van der Waals surface area contributed by atoms with Gasteiger partial charge >= 0.3 is 0 Å². The van der Waals surface area contributed by atoms with E-state index in [9.17, 15) is 4.79 Å². The average Bonchev–Trinajstić information content (AvgIpc) is 2.96. The number of amides is 1. The molecule has 0 aliphatic rings. The van der Waals surface area contributed by atoms with Gasteiger partial charge in [-0.05, 0) is 25.5 Å². The van der Waals surface area contributed by atoms with Gasteiger partial charge in [0.15, 0.2) is 0 Å². The lowest BCUT2D eigenvalue weighted by atomic mass is 10.2. The van der Waals surface area contributed by atoms with Crippen LogP contribution in [0.25, 0.3) is 0 Å². The lowest BCUT2D eigenvalue weighted by Gasteiger charge is -2.05. The molecule has 0 bridgehead atoms. The van der Waals surface area contributed by atoms with E-state index in [4.69, 9.17) is 0 Å².